The van der Waals surface area contributed by atoms with Crippen molar-refractivity contribution in [3.05, 3.63) is 29.3 Å². The van der Waals surface area contributed by atoms with Crippen LogP contribution in [0.4, 0.5) is 0 Å². The number of rotatable bonds is 6. The molecule has 114 valence electrons. The molecule has 1 amide bonds. The highest BCUT2D eigenvalue weighted by atomic mass is 35.5. The van der Waals surface area contributed by atoms with Crippen molar-refractivity contribution in [1.82, 2.24) is 5.32 Å². The smallest absolute Gasteiger partial charge is 0.263 e. The van der Waals surface area contributed by atoms with E-state index >= 15 is 0 Å². The zero-order valence-electron chi connectivity index (χ0n) is 12.6. The van der Waals surface area contributed by atoms with Gasteiger partial charge in [0.2, 0.25) is 0 Å². The summed E-state index contributed by atoms with van der Waals surface area (Å²) >= 11 is 5.86. The minimum Gasteiger partial charge on any atom is -0.478 e. The van der Waals surface area contributed by atoms with Crippen molar-refractivity contribution < 1.29 is 9.53 Å². The van der Waals surface area contributed by atoms with Gasteiger partial charge in [0, 0.05) is 11.1 Å². The van der Waals surface area contributed by atoms with Crippen molar-refractivity contribution in [1.29, 1.82) is 0 Å². The Hall–Kier alpha value is -1.22. The summed E-state index contributed by atoms with van der Waals surface area (Å²) < 4.78 is 5.85. The topological polar surface area (TPSA) is 38.3 Å². The Morgan fingerprint density at radius 2 is 1.71 bits per heavy atom. The summed E-state index contributed by atoms with van der Waals surface area (Å²) in [5.41, 5.74) is -0.879. The van der Waals surface area contributed by atoms with Gasteiger partial charge in [-0.15, -0.1) is 0 Å². The van der Waals surface area contributed by atoms with Crippen LogP contribution in [0.3, 0.4) is 0 Å². The summed E-state index contributed by atoms with van der Waals surface area (Å²) in [5.74, 6) is 2.01. The maximum absolute atomic E-state index is 12.5. The average Bonchev–Trinajstić information content (AvgIpc) is 3.30. The molecule has 0 atom stereocenters. The second kappa shape index (κ2) is 5.53. The minimum atomic E-state index is -0.879. The molecule has 0 radical (unpaired) electrons. The first-order valence-electron chi connectivity index (χ1n) is 7.71. The Balaban J connectivity index is 1.62. The molecular weight excluding hydrogens is 286 g/mol. The first-order chi connectivity index (χ1) is 9.95. The van der Waals surface area contributed by atoms with Gasteiger partial charge >= 0.3 is 0 Å². The second-order valence-corrected chi connectivity index (χ2v) is 7.18. The van der Waals surface area contributed by atoms with Gasteiger partial charge in [0.1, 0.15) is 5.75 Å². The van der Waals surface area contributed by atoms with Crippen molar-refractivity contribution in [3.63, 3.8) is 0 Å². The summed E-state index contributed by atoms with van der Waals surface area (Å²) in [6.45, 7) is 3.63. The largest absolute Gasteiger partial charge is 0.478 e. The molecule has 4 heteroatoms. The molecule has 1 aromatic rings. The Morgan fingerprint density at radius 3 is 2.19 bits per heavy atom. The fraction of sp³-hybridized carbons (Fsp3) is 0.588. The number of ether oxygens (including phenoxy) is 1. The molecule has 21 heavy (non-hydrogen) atoms. The predicted molar refractivity (Wildman–Crippen MR) is 83.5 cm³/mol. The van der Waals surface area contributed by atoms with Crippen molar-refractivity contribution in [2.45, 2.75) is 51.2 Å². The van der Waals surface area contributed by atoms with Crippen LogP contribution in [-0.4, -0.2) is 17.6 Å². The van der Waals surface area contributed by atoms with Gasteiger partial charge in [0.25, 0.3) is 5.91 Å². The van der Waals surface area contributed by atoms with Gasteiger partial charge in [-0.25, -0.2) is 0 Å². The number of benzene rings is 1. The van der Waals surface area contributed by atoms with Crippen LogP contribution in [0.5, 0.6) is 5.75 Å². The van der Waals surface area contributed by atoms with Gasteiger partial charge in [-0.1, -0.05) is 11.6 Å². The number of carbonyl (C=O) groups excluding carboxylic acids is 1. The van der Waals surface area contributed by atoms with Gasteiger partial charge in [-0.3, -0.25) is 4.79 Å². The number of amides is 1. The van der Waals surface area contributed by atoms with Crippen LogP contribution >= 0.6 is 11.6 Å². The molecule has 0 aliphatic heterocycles. The summed E-state index contributed by atoms with van der Waals surface area (Å²) in [5, 5.41) is 3.88. The van der Waals surface area contributed by atoms with Gasteiger partial charge in [-0.2, -0.15) is 0 Å². The van der Waals surface area contributed by atoms with Crippen LogP contribution in [0.2, 0.25) is 5.02 Å². The molecule has 3 nitrogen and oxygen atoms in total. The lowest BCUT2D eigenvalue weighted by Gasteiger charge is -2.28. The van der Waals surface area contributed by atoms with E-state index in [1.807, 2.05) is 13.8 Å². The lowest BCUT2D eigenvalue weighted by Crippen LogP contribution is -2.51. The third kappa shape index (κ3) is 3.70. The number of nitrogens with one attached hydrogen (secondary N) is 1. The highest BCUT2D eigenvalue weighted by Crippen LogP contribution is 2.44. The van der Waals surface area contributed by atoms with Crippen molar-refractivity contribution in [2.75, 3.05) is 0 Å². The maximum Gasteiger partial charge on any atom is 0.263 e. The van der Waals surface area contributed by atoms with E-state index < -0.39 is 5.60 Å². The van der Waals surface area contributed by atoms with Crippen LogP contribution in [0, 0.1) is 11.8 Å². The Bertz CT molecular complexity index is 506. The molecule has 2 fully saturated rings. The number of hydrogen-bond acceptors (Lipinski definition) is 2. The standard InChI is InChI=1S/C17H22ClNO2/c1-17(2,21-14-9-7-13(18)8-10-14)16(20)19-15(11-3-4-11)12-5-6-12/h7-12,15H,3-6H2,1-2H3,(H,19,20). The van der Waals surface area contributed by atoms with Gasteiger partial charge in [0.15, 0.2) is 5.60 Å². The molecule has 2 aliphatic rings. The zero-order valence-corrected chi connectivity index (χ0v) is 13.3. The average molecular weight is 308 g/mol. The lowest BCUT2D eigenvalue weighted by molar-refractivity contribution is -0.135. The Labute approximate surface area is 131 Å². The normalized spacial score (nSPS) is 18.7. The molecule has 0 saturated heterocycles. The molecule has 3 rings (SSSR count). The minimum absolute atomic E-state index is 0.0266. The third-order valence-electron chi connectivity index (χ3n) is 4.29. The molecule has 0 heterocycles. The molecule has 1 aromatic carbocycles. The van der Waals surface area contributed by atoms with Crippen molar-refractivity contribution >= 4 is 17.5 Å². The summed E-state index contributed by atoms with van der Waals surface area (Å²) in [6, 6.07) is 7.46. The third-order valence-corrected chi connectivity index (χ3v) is 4.54. The first-order valence-corrected chi connectivity index (χ1v) is 8.09. The number of halogens is 1. The monoisotopic (exact) mass is 307 g/mol. The lowest BCUT2D eigenvalue weighted by atomic mass is 10.0. The van der Waals surface area contributed by atoms with Crippen LogP contribution in [0.15, 0.2) is 24.3 Å². The second-order valence-electron chi connectivity index (χ2n) is 6.74. The predicted octanol–water partition coefficient (Wildman–Crippen LogP) is 3.80. The fourth-order valence-corrected chi connectivity index (χ4v) is 2.83. The zero-order chi connectivity index (χ0) is 15.0. The Kier molecular flexibility index (Phi) is 3.87. The van der Waals surface area contributed by atoms with E-state index in [0.717, 1.165) is 0 Å². The molecule has 0 unspecified atom stereocenters. The summed E-state index contributed by atoms with van der Waals surface area (Å²) in [6.07, 6.45) is 5.00. The van der Waals surface area contributed by atoms with E-state index in [0.29, 0.717) is 28.6 Å². The van der Waals surface area contributed by atoms with E-state index in [1.54, 1.807) is 24.3 Å². The highest BCUT2D eigenvalue weighted by Gasteiger charge is 2.44. The molecule has 1 N–H and O–H groups in total. The van der Waals surface area contributed by atoms with E-state index in [1.165, 1.54) is 25.7 Å². The van der Waals surface area contributed by atoms with Crippen LogP contribution in [0.25, 0.3) is 0 Å². The SMILES string of the molecule is CC(C)(Oc1ccc(Cl)cc1)C(=O)NC(C1CC1)C1CC1. The van der Waals surface area contributed by atoms with E-state index in [-0.39, 0.29) is 5.91 Å². The van der Waals surface area contributed by atoms with E-state index in [2.05, 4.69) is 5.32 Å². The van der Waals surface area contributed by atoms with Crippen LogP contribution in [-0.2, 0) is 4.79 Å². The van der Waals surface area contributed by atoms with E-state index in [9.17, 15) is 4.79 Å². The van der Waals surface area contributed by atoms with Gasteiger partial charge < -0.3 is 10.1 Å². The summed E-state index contributed by atoms with van der Waals surface area (Å²) in [7, 11) is 0. The van der Waals surface area contributed by atoms with E-state index in [4.69, 9.17) is 16.3 Å². The molecule has 0 bridgehead atoms. The molecule has 0 spiro atoms. The van der Waals surface area contributed by atoms with Gasteiger partial charge in [-0.05, 0) is 75.6 Å². The van der Waals surface area contributed by atoms with Crippen LogP contribution in [0.1, 0.15) is 39.5 Å². The van der Waals surface area contributed by atoms with Crippen molar-refractivity contribution in [2.24, 2.45) is 11.8 Å². The van der Waals surface area contributed by atoms with Crippen LogP contribution < -0.4 is 10.1 Å². The molecule has 0 aromatic heterocycles. The van der Waals surface area contributed by atoms with Crippen molar-refractivity contribution in [3.8, 4) is 5.75 Å². The highest BCUT2D eigenvalue weighted by molar-refractivity contribution is 6.30. The Morgan fingerprint density at radius 1 is 1.19 bits per heavy atom. The first kappa shape index (κ1) is 14.7. The quantitative estimate of drug-likeness (QED) is 0.868. The molecule has 2 aliphatic carbocycles. The molecule has 2 saturated carbocycles. The van der Waals surface area contributed by atoms with Gasteiger partial charge in [0.05, 0.1) is 0 Å². The fourth-order valence-electron chi connectivity index (χ4n) is 2.70. The molecular formula is C17H22ClNO2. The summed E-state index contributed by atoms with van der Waals surface area (Å²) in [4.78, 5) is 12.5. The number of hydrogen-bond donors (Lipinski definition) is 1. The number of carbonyl (C=O) groups is 1. The maximum atomic E-state index is 12.5.